The zero-order valence-corrected chi connectivity index (χ0v) is 35.7. The van der Waals surface area contributed by atoms with Crippen LogP contribution >= 0.6 is 0 Å². The molecular weight excluding hydrogens is 765 g/mol. The third kappa shape index (κ3) is 6.55. The van der Waals surface area contributed by atoms with Crippen LogP contribution < -0.4 is 0 Å². The van der Waals surface area contributed by atoms with Crippen molar-refractivity contribution in [3.05, 3.63) is 192 Å². The zero-order chi connectivity index (χ0) is 43.1. The fourth-order valence-electron chi connectivity index (χ4n) is 9.02. The molecule has 0 aliphatic carbocycles. The van der Waals surface area contributed by atoms with Crippen LogP contribution in [0.25, 0.3) is 88.4 Å². The lowest BCUT2D eigenvalue weighted by Gasteiger charge is -2.20. The lowest BCUT2D eigenvalue weighted by Crippen LogP contribution is -2.10. The molecule has 62 heavy (non-hydrogen) atoms. The van der Waals surface area contributed by atoms with Gasteiger partial charge in [0, 0.05) is 32.9 Å². The average molecular weight is 810 g/mol. The van der Waals surface area contributed by atoms with Gasteiger partial charge in [-0.3, -0.25) is 0 Å². The van der Waals surface area contributed by atoms with E-state index in [1.54, 1.807) is 6.07 Å². The predicted molar refractivity (Wildman–Crippen MR) is 253 cm³/mol. The van der Waals surface area contributed by atoms with Crippen LogP contribution in [0.2, 0.25) is 0 Å². The summed E-state index contributed by atoms with van der Waals surface area (Å²) in [5.41, 5.74) is 12.7. The van der Waals surface area contributed by atoms with Crippen LogP contribution in [0.4, 0.5) is 8.78 Å². The highest BCUT2D eigenvalue weighted by Gasteiger charge is 2.23. The van der Waals surface area contributed by atoms with Gasteiger partial charge in [-0.1, -0.05) is 139 Å². The molecule has 0 fully saturated rings. The van der Waals surface area contributed by atoms with Gasteiger partial charge >= 0.3 is 0 Å². The summed E-state index contributed by atoms with van der Waals surface area (Å²) in [6, 6.07) is 57.9. The van der Waals surface area contributed by atoms with Crippen molar-refractivity contribution in [3.8, 4) is 50.8 Å². The van der Waals surface area contributed by atoms with E-state index in [2.05, 4.69) is 178 Å². The number of fused-ring (bicyclic) bond motifs is 6. The topological polar surface area (TPSA) is 33.6 Å². The van der Waals surface area contributed by atoms with Crippen LogP contribution in [0, 0.1) is 23.0 Å². The summed E-state index contributed by atoms with van der Waals surface area (Å²) in [6.07, 6.45) is 0. The Morgan fingerprint density at radius 1 is 0.387 bits per heavy atom. The number of aromatic nitrogens is 2. The Morgan fingerprint density at radius 2 is 0.806 bits per heavy atom. The third-order valence-electron chi connectivity index (χ3n) is 12.4. The Labute approximate surface area is 360 Å². The van der Waals surface area contributed by atoms with Crippen molar-refractivity contribution in [1.82, 2.24) is 9.13 Å². The van der Waals surface area contributed by atoms with Crippen LogP contribution in [0.15, 0.2) is 164 Å². The van der Waals surface area contributed by atoms with Crippen LogP contribution in [-0.2, 0) is 10.8 Å². The zero-order valence-electron chi connectivity index (χ0n) is 35.7. The molecule has 302 valence electrons. The molecule has 0 unspecified atom stereocenters. The summed E-state index contributed by atoms with van der Waals surface area (Å²) < 4.78 is 35.7. The standard InChI is InChI=1S/C57H45F2N3/c1-56(2,3)41-19-23-52-47(31-41)45-21-17-37(35-13-9-7-10-14-35)29-54(45)61(52)43-25-39(40-27-50(58)49(34-60)51(59)28-40)26-44(33-43)62-53-24-20-42(57(4,5)6)32-48(53)46-22-18-38(30-55(46)62)36-15-11-8-12-16-36/h7-33H,1-6H3. The van der Waals surface area contributed by atoms with Crippen LogP contribution in [0.5, 0.6) is 0 Å². The Kier molecular flexibility index (Phi) is 9.05. The van der Waals surface area contributed by atoms with Gasteiger partial charge in [0.05, 0.1) is 22.1 Å². The number of hydrogen-bond acceptors (Lipinski definition) is 1. The van der Waals surface area contributed by atoms with Crippen molar-refractivity contribution in [2.24, 2.45) is 0 Å². The second-order valence-corrected chi connectivity index (χ2v) is 18.5. The van der Waals surface area contributed by atoms with Crippen molar-refractivity contribution < 1.29 is 8.78 Å². The van der Waals surface area contributed by atoms with E-state index in [1.807, 2.05) is 24.3 Å². The summed E-state index contributed by atoms with van der Waals surface area (Å²) in [4.78, 5) is 0. The molecule has 8 aromatic carbocycles. The Bertz CT molecular complexity index is 3230. The summed E-state index contributed by atoms with van der Waals surface area (Å²) in [6.45, 7) is 13.4. The minimum Gasteiger partial charge on any atom is -0.309 e. The first-order valence-corrected chi connectivity index (χ1v) is 21.1. The molecule has 0 atom stereocenters. The van der Waals surface area contributed by atoms with Gasteiger partial charge in [-0.25, -0.2) is 8.78 Å². The molecule has 3 nitrogen and oxygen atoms in total. The van der Waals surface area contributed by atoms with Crippen molar-refractivity contribution in [1.29, 1.82) is 5.26 Å². The number of halogens is 2. The Balaban J connectivity index is 1.33. The number of hydrogen-bond donors (Lipinski definition) is 0. The highest BCUT2D eigenvalue weighted by molar-refractivity contribution is 6.12. The van der Waals surface area contributed by atoms with Gasteiger partial charge in [0.25, 0.3) is 0 Å². The SMILES string of the molecule is CC(C)(C)c1ccc2c(c1)c1ccc(-c3ccccc3)cc1n2-c1cc(-c2cc(F)c(C#N)c(F)c2)cc(-n2c3ccc(C(C)(C)C)cc3c3ccc(-c4ccccc4)cc32)c1. The molecule has 2 heterocycles. The summed E-state index contributed by atoms with van der Waals surface area (Å²) in [7, 11) is 0. The minimum absolute atomic E-state index is 0.0780. The van der Waals surface area contributed by atoms with E-state index >= 15 is 8.78 Å². The smallest absolute Gasteiger partial charge is 0.144 e. The Morgan fingerprint density at radius 3 is 1.21 bits per heavy atom. The molecule has 0 bridgehead atoms. The predicted octanol–water partition coefficient (Wildman–Crippen LogP) is 15.6. The molecule has 0 spiro atoms. The highest BCUT2D eigenvalue weighted by atomic mass is 19.1. The summed E-state index contributed by atoms with van der Waals surface area (Å²) in [5.74, 6) is -1.79. The second-order valence-electron chi connectivity index (χ2n) is 18.5. The van der Waals surface area contributed by atoms with Gasteiger partial charge < -0.3 is 9.13 Å². The molecule has 0 aliphatic rings. The lowest BCUT2D eigenvalue weighted by atomic mass is 9.86. The largest absolute Gasteiger partial charge is 0.309 e. The van der Waals surface area contributed by atoms with Gasteiger partial charge in [-0.15, -0.1) is 0 Å². The molecule has 0 amide bonds. The first-order chi connectivity index (χ1) is 29.8. The fourth-order valence-corrected chi connectivity index (χ4v) is 9.02. The molecule has 0 aliphatic heterocycles. The number of nitriles is 1. The maximum absolute atomic E-state index is 15.6. The van der Waals surface area contributed by atoms with Crippen molar-refractivity contribution in [2.45, 2.75) is 52.4 Å². The highest BCUT2D eigenvalue weighted by Crippen LogP contribution is 2.42. The average Bonchev–Trinajstić information content (AvgIpc) is 3.77. The monoisotopic (exact) mass is 809 g/mol. The maximum Gasteiger partial charge on any atom is 0.144 e. The quantitative estimate of drug-likeness (QED) is 0.170. The van der Waals surface area contributed by atoms with Gasteiger partial charge in [-0.2, -0.15) is 5.26 Å². The maximum atomic E-state index is 15.6. The first-order valence-electron chi connectivity index (χ1n) is 21.1. The van der Waals surface area contributed by atoms with Gasteiger partial charge in [0.15, 0.2) is 0 Å². The Hall–Kier alpha value is -7.29. The van der Waals surface area contributed by atoms with Gasteiger partial charge in [0.1, 0.15) is 23.3 Å². The van der Waals surface area contributed by atoms with E-state index in [4.69, 9.17) is 0 Å². The molecule has 0 saturated carbocycles. The lowest BCUT2D eigenvalue weighted by molar-refractivity contribution is 0.577. The summed E-state index contributed by atoms with van der Waals surface area (Å²) >= 11 is 0. The third-order valence-corrected chi connectivity index (χ3v) is 12.4. The summed E-state index contributed by atoms with van der Waals surface area (Å²) in [5, 5.41) is 14.1. The molecule has 10 rings (SSSR count). The van der Waals surface area contributed by atoms with E-state index in [0.717, 1.165) is 77.2 Å². The normalized spacial score (nSPS) is 12.2. The van der Waals surface area contributed by atoms with Crippen LogP contribution in [0.3, 0.4) is 0 Å². The molecule has 10 aromatic rings. The second kappa shape index (κ2) is 14.4. The van der Waals surface area contributed by atoms with E-state index in [9.17, 15) is 5.26 Å². The van der Waals surface area contributed by atoms with Crippen molar-refractivity contribution in [2.75, 3.05) is 0 Å². The number of benzene rings is 8. The van der Waals surface area contributed by atoms with Crippen molar-refractivity contribution in [3.63, 3.8) is 0 Å². The van der Waals surface area contributed by atoms with E-state index < -0.39 is 17.2 Å². The number of nitrogens with zero attached hydrogens (tertiary/aromatic N) is 3. The first kappa shape index (κ1) is 38.9. The van der Waals surface area contributed by atoms with E-state index in [-0.39, 0.29) is 10.8 Å². The van der Waals surface area contributed by atoms with Crippen LogP contribution in [-0.4, -0.2) is 9.13 Å². The van der Waals surface area contributed by atoms with Gasteiger partial charge in [0.2, 0.25) is 0 Å². The molecule has 0 radical (unpaired) electrons. The molecular formula is C57H45F2N3. The van der Waals surface area contributed by atoms with Gasteiger partial charge in [-0.05, 0) is 122 Å². The van der Waals surface area contributed by atoms with Crippen LogP contribution in [0.1, 0.15) is 58.2 Å². The number of rotatable bonds is 5. The van der Waals surface area contributed by atoms with Crippen molar-refractivity contribution >= 4 is 43.6 Å². The van der Waals surface area contributed by atoms with E-state index in [0.29, 0.717) is 11.1 Å². The molecule has 2 aromatic heterocycles. The van der Waals surface area contributed by atoms with E-state index in [1.165, 1.54) is 23.3 Å². The minimum atomic E-state index is -0.896. The fraction of sp³-hybridized carbons (Fsp3) is 0.140. The molecule has 5 heteroatoms. The molecule has 0 N–H and O–H groups in total. The molecule has 0 saturated heterocycles.